The van der Waals surface area contributed by atoms with Crippen molar-refractivity contribution in [3.05, 3.63) is 134 Å². The lowest BCUT2D eigenvalue weighted by Gasteiger charge is -2.24. The van der Waals surface area contributed by atoms with E-state index in [0.717, 1.165) is 109 Å². The molecule has 1 N–H and O–H groups in total. The Kier molecular flexibility index (Phi) is 60.7. The van der Waals surface area contributed by atoms with Crippen LogP contribution < -0.4 is 0 Å². The number of esters is 2. The summed E-state index contributed by atoms with van der Waals surface area (Å²) in [6.07, 6.45) is 92.5. The summed E-state index contributed by atoms with van der Waals surface area (Å²) in [5, 5.41) is 0. The van der Waals surface area contributed by atoms with E-state index in [2.05, 4.69) is 148 Å². The number of phosphoric ester groups is 1. The van der Waals surface area contributed by atoms with Crippen LogP contribution in [0.15, 0.2) is 134 Å². The molecule has 0 amide bonds. The number of unbranched alkanes of at least 4 members (excludes halogenated alkanes) is 25. The van der Waals surface area contributed by atoms with E-state index in [1.54, 1.807) is 0 Å². The van der Waals surface area contributed by atoms with Crippen LogP contribution in [-0.2, 0) is 32.7 Å². The number of hydrogen-bond donors (Lipinski definition) is 1. The summed E-state index contributed by atoms with van der Waals surface area (Å²) >= 11 is 0. The van der Waals surface area contributed by atoms with Crippen LogP contribution >= 0.6 is 7.82 Å². The molecule has 2 unspecified atom stereocenters. The Labute approximate surface area is 517 Å². The summed E-state index contributed by atoms with van der Waals surface area (Å²) in [4.78, 5) is 35.8. The zero-order valence-electron chi connectivity index (χ0n) is 54.6. The molecule has 0 rings (SSSR count). The monoisotopic (exact) mass is 1190 g/mol. The summed E-state index contributed by atoms with van der Waals surface area (Å²) < 4.78 is 34.7. The van der Waals surface area contributed by atoms with E-state index in [1.807, 2.05) is 21.1 Å². The van der Waals surface area contributed by atoms with E-state index >= 15 is 0 Å². The summed E-state index contributed by atoms with van der Waals surface area (Å²) in [5.41, 5.74) is 0. The molecule has 2 atom stereocenters. The molecular weight excluding hydrogens is 1060 g/mol. The van der Waals surface area contributed by atoms with Crippen LogP contribution in [0.5, 0.6) is 0 Å². The number of rotatable bonds is 61. The highest BCUT2D eigenvalue weighted by atomic mass is 31.2. The molecule has 0 bridgehead atoms. The van der Waals surface area contributed by atoms with Gasteiger partial charge in [-0.25, -0.2) is 4.57 Å². The Balaban J connectivity index is 4.13. The van der Waals surface area contributed by atoms with Crippen molar-refractivity contribution in [3.8, 4) is 0 Å². The van der Waals surface area contributed by atoms with Crippen molar-refractivity contribution in [2.75, 3.05) is 47.5 Å². The fourth-order valence-corrected chi connectivity index (χ4v) is 9.72. The summed E-state index contributed by atoms with van der Waals surface area (Å²) in [5.74, 6) is -0.809. The van der Waals surface area contributed by atoms with Crippen molar-refractivity contribution in [1.29, 1.82) is 0 Å². The maximum absolute atomic E-state index is 12.9. The molecule has 0 aliphatic rings. The van der Waals surface area contributed by atoms with Gasteiger partial charge >= 0.3 is 19.8 Å². The second-order valence-corrected chi connectivity index (χ2v) is 24.9. The maximum Gasteiger partial charge on any atom is 0.472 e. The lowest BCUT2D eigenvalue weighted by molar-refractivity contribution is -0.870. The third kappa shape index (κ3) is 67.3. The largest absolute Gasteiger partial charge is 0.472 e. The van der Waals surface area contributed by atoms with E-state index < -0.39 is 26.5 Å². The van der Waals surface area contributed by atoms with Crippen LogP contribution in [0.25, 0.3) is 0 Å². The average Bonchev–Trinajstić information content (AvgIpc) is 3.61. The van der Waals surface area contributed by atoms with Gasteiger partial charge in [-0.05, 0) is 116 Å². The van der Waals surface area contributed by atoms with Crippen LogP contribution in [0.1, 0.15) is 271 Å². The first kappa shape index (κ1) is 80.2. The van der Waals surface area contributed by atoms with Gasteiger partial charge in [0.25, 0.3) is 0 Å². The number of quaternary nitrogens is 1. The predicted octanol–water partition coefficient (Wildman–Crippen LogP) is 22.0. The molecule has 84 heavy (non-hydrogen) atoms. The number of carbonyl (C=O) groups is 2. The van der Waals surface area contributed by atoms with Gasteiger partial charge in [-0.3, -0.25) is 18.6 Å². The fraction of sp³-hybridized carbons (Fsp3) is 0.676. The molecular formula is C74H127NO8P+. The normalized spacial score (nSPS) is 14.0. The first-order valence-corrected chi connectivity index (χ1v) is 35.4. The standard InChI is InChI=1S/C74H126NO8P/c1-6-8-10-12-14-16-18-20-22-24-26-28-30-31-32-33-34-35-36-37-38-39-40-41-42-43-45-47-49-51-53-55-57-59-61-63-65-67-74(77)83-72(71-82-84(78,79)81-69-68-75(3,4)5)70-80-73(76)66-64-62-60-58-56-54-52-50-48-46-44-29-27-25-23-21-19-17-15-13-11-9-7-2/h8,10,14,16,19-22,25-28,31-32,34-35,37-38,40-41,43,45,72H,6-7,9,11-13,15,17-18,23-24,29-30,33,36,39,42,44,46-71H2,1-5H3/p+1/b10-8-,16-14-,21-19-,22-20-,27-25-,28-26-,32-31-,35-34-,38-37-,41-40-,45-43-. The minimum Gasteiger partial charge on any atom is -0.462 e. The highest BCUT2D eigenvalue weighted by Crippen LogP contribution is 2.43. The molecule has 0 aliphatic carbocycles. The molecule has 0 aromatic carbocycles. The first-order chi connectivity index (χ1) is 41.0. The van der Waals surface area contributed by atoms with E-state index in [0.29, 0.717) is 17.4 Å². The summed E-state index contributed by atoms with van der Waals surface area (Å²) in [6.45, 7) is 4.31. The number of likely N-dealkylation sites (N-methyl/N-ethyl adjacent to an activating group) is 1. The van der Waals surface area contributed by atoms with Crippen LogP contribution in [-0.4, -0.2) is 74.9 Å². The first-order valence-electron chi connectivity index (χ1n) is 33.9. The molecule has 9 nitrogen and oxygen atoms in total. The Morgan fingerprint density at radius 1 is 0.381 bits per heavy atom. The smallest absolute Gasteiger partial charge is 0.462 e. The molecule has 0 saturated carbocycles. The molecule has 0 aliphatic heterocycles. The third-order valence-corrected chi connectivity index (χ3v) is 15.1. The van der Waals surface area contributed by atoms with Crippen LogP contribution in [0, 0.1) is 0 Å². The molecule has 0 aromatic rings. The lowest BCUT2D eigenvalue weighted by Crippen LogP contribution is -2.37. The number of allylic oxidation sites excluding steroid dienone is 22. The molecule has 0 radical (unpaired) electrons. The number of carbonyl (C=O) groups excluding carboxylic acids is 2. The molecule has 0 heterocycles. The summed E-state index contributed by atoms with van der Waals surface area (Å²) in [7, 11) is 1.46. The van der Waals surface area contributed by atoms with Gasteiger partial charge in [-0.15, -0.1) is 0 Å². The lowest BCUT2D eigenvalue weighted by atomic mass is 10.0. The Bertz CT molecular complexity index is 1880. The van der Waals surface area contributed by atoms with Crippen molar-refractivity contribution in [1.82, 2.24) is 0 Å². The third-order valence-electron chi connectivity index (χ3n) is 14.2. The molecule has 0 spiro atoms. The van der Waals surface area contributed by atoms with E-state index in [-0.39, 0.29) is 32.0 Å². The Hall–Kier alpha value is -3.85. The molecule has 0 fully saturated rings. The summed E-state index contributed by atoms with van der Waals surface area (Å²) in [6, 6.07) is 0. The predicted molar refractivity (Wildman–Crippen MR) is 362 cm³/mol. The second kappa shape index (κ2) is 63.6. The van der Waals surface area contributed by atoms with Gasteiger partial charge in [0.1, 0.15) is 19.8 Å². The minimum atomic E-state index is -4.40. The Morgan fingerprint density at radius 3 is 1.01 bits per heavy atom. The number of hydrogen-bond acceptors (Lipinski definition) is 7. The van der Waals surface area contributed by atoms with Crippen LogP contribution in [0.3, 0.4) is 0 Å². The van der Waals surface area contributed by atoms with Crippen molar-refractivity contribution in [2.24, 2.45) is 0 Å². The quantitative estimate of drug-likeness (QED) is 0.0211. The molecule has 0 aromatic heterocycles. The molecule has 480 valence electrons. The zero-order chi connectivity index (χ0) is 61.2. The van der Waals surface area contributed by atoms with Crippen LogP contribution in [0.2, 0.25) is 0 Å². The van der Waals surface area contributed by atoms with Gasteiger partial charge < -0.3 is 18.9 Å². The molecule has 10 heteroatoms. The minimum absolute atomic E-state index is 0.0242. The topological polar surface area (TPSA) is 108 Å². The van der Waals surface area contributed by atoms with Gasteiger partial charge in [0.2, 0.25) is 0 Å². The number of nitrogens with zero attached hydrogens (tertiary/aromatic N) is 1. The SMILES string of the molecule is CC/C=C\C/C=C\C/C=C\C/C=C\C/C=C\C/C=C\C/C=C\C/C=C\C/C=C\CCCCCCCCCCCC(=O)OC(COC(=O)CCCCCCCCCCCCC/C=C\C/C=C\CCCCCCC)COP(=O)(O)OCC[N+](C)(C)C. The van der Waals surface area contributed by atoms with Gasteiger partial charge in [0.05, 0.1) is 27.7 Å². The molecule has 0 saturated heterocycles. The second-order valence-electron chi connectivity index (χ2n) is 23.5. The van der Waals surface area contributed by atoms with Gasteiger partial charge in [0.15, 0.2) is 6.10 Å². The highest BCUT2D eigenvalue weighted by Gasteiger charge is 2.27. The highest BCUT2D eigenvalue weighted by molar-refractivity contribution is 7.47. The van der Waals surface area contributed by atoms with Gasteiger partial charge in [0, 0.05) is 12.8 Å². The fourth-order valence-electron chi connectivity index (χ4n) is 8.98. The van der Waals surface area contributed by atoms with E-state index in [4.69, 9.17) is 18.5 Å². The number of phosphoric acid groups is 1. The van der Waals surface area contributed by atoms with Crippen molar-refractivity contribution >= 4 is 19.8 Å². The Morgan fingerprint density at radius 2 is 0.679 bits per heavy atom. The zero-order valence-corrected chi connectivity index (χ0v) is 55.5. The average molecular weight is 1190 g/mol. The maximum atomic E-state index is 12.9. The van der Waals surface area contributed by atoms with Gasteiger partial charge in [-0.2, -0.15) is 0 Å². The van der Waals surface area contributed by atoms with E-state index in [1.165, 1.54) is 128 Å². The van der Waals surface area contributed by atoms with E-state index in [9.17, 15) is 19.0 Å². The van der Waals surface area contributed by atoms with Crippen molar-refractivity contribution < 1.29 is 42.1 Å². The van der Waals surface area contributed by atoms with Gasteiger partial charge in [-0.1, -0.05) is 276 Å². The number of ether oxygens (including phenoxy) is 2. The van der Waals surface area contributed by atoms with Crippen LogP contribution in [0.4, 0.5) is 0 Å². The van der Waals surface area contributed by atoms with Crippen molar-refractivity contribution in [2.45, 2.75) is 277 Å². The van der Waals surface area contributed by atoms with Crippen molar-refractivity contribution in [3.63, 3.8) is 0 Å².